The number of benzene rings is 1. The van der Waals surface area contributed by atoms with Crippen LogP contribution in [0.1, 0.15) is 63.5 Å². The van der Waals surface area contributed by atoms with Gasteiger partial charge in [0.2, 0.25) is 0 Å². The average Bonchev–Trinajstić information content (AvgIpc) is 3.21. The molecule has 1 unspecified atom stereocenters. The van der Waals surface area contributed by atoms with Crippen molar-refractivity contribution in [2.45, 2.75) is 69.4 Å². The van der Waals surface area contributed by atoms with Crippen molar-refractivity contribution in [2.75, 3.05) is 6.54 Å². The van der Waals surface area contributed by atoms with Crippen LogP contribution in [0.2, 0.25) is 0 Å². The molecule has 2 aromatic rings. The third-order valence-corrected chi connectivity index (χ3v) is 5.66. The summed E-state index contributed by atoms with van der Waals surface area (Å²) in [5.74, 6) is 2.03. The van der Waals surface area contributed by atoms with Crippen molar-refractivity contribution >= 4 is 11.8 Å². The summed E-state index contributed by atoms with van der Waals surface area (Å²) in [6, 6.07) is 9.33. The molecule has 0 amide bonds. The zero-order valence-corrected chi connectivity index (χ0v) is 16.0. The van der Waals surface area contributed by atoms with Crippen LogP contribution in [0.25, 0.3) is 0 Å². The van der Waals surface area contributed by atoms with Crippen LogP contribution >= 0.6 is 11.8 Å². The van der Waals surface area contributed by atoms with Gasteiger partial charge < -0.3 is 9.88 Å². The number of rotatable bonds is 5. The Bertz CT molecular complexity index is 664. The summed E-state index contributed by atoms with van der Waals surface area (Å²) in [6.45, 7) is 10.9. The van der Waals surface area contributed by atoms with Gasteiger partial charge in [-0.3, -0.25) is 0 Å². The maximum atomic E-state index is 4.46. The van der Waals surface area contributed by atoms with E-state index in [9.17, 15) is 0 Å². The zero-order valence-electron chi connectivity index (χ0n) is 15.2. The predicted octanol–water partition coefficient (Wildman–Crippen LogP) is 4.31. The Kier molecular flexibility index (Phi) is 5.30. The van der Waals surface area contributed by atoms with Crippen LogP contribution in [0.5, 0.6) is 0 Å². The van der Waals surface area contributed by atoms with Gasteiger partial charge in [-0.1, -0.05) is 56.8 Å². The van der Waals surface area contributed by atoms with Gasteiger partial charge in [0.25, 0.3) is 0 Å². The average molecular weight is 345 g/mol. The minimum atomic E-state index is 0.206. The van der Waals surface area contributed by atoms with Crippen LogP contribution in [-0.4, -0.2) is 21.3 Å². The highest BCUT2D eigenvalue weighted by Crippen LogP contribution is 2.28. The highest BCUT2D eigenvalue weighted by molar-refractivity contribution is 7.98. The second kappa shape index (κ2) is 7.28. The summed E-state index contributed by atoms with van der Waals surface area (Å²) in [6.07, 6.45) is 2.39. The first-order valence-corrected chi connectivity index (χ1v) is 9.86. The molecule has 5 heteroatoms. The van der Waals surface area contributed by atoms with Gasteiger partial charge in [0.15, 0.2) is 11.0 Å². The Morgan fingerprint density at radius 3 is 2.54 bits per heavy atom. The number of thioether (sulfide) groups is 1. The molecule has 24 heavy (non-hydrogen) atoms. The lowest BCUT2D eigenvalue weighted by Crippen LogP contribution is -2.18. The normalized spacial score (nSPS) is 18.2. The monoisotopic (exact) mass is 344 g/mol. The quantitative estimate of drug-likeness (QED) is 0.821. The molecule has 1 aliphatic heterocycles. The molecule has 0 spiro atoms. The Labute approximate surface area is 149 Å². The molecular formula is C19H28N4S. The number of nitrogens with zero attached hydrogens (tertiary/aromatic N) is 3. The molecule has 0 aliphatic carbocycles. The summed E-state index contributed by atoms with van der Waals surface area (Å²) in [5.41, 5.74) is 2.92. The van der Waals surface area contributed by atoms with Crippen LogP contribution in [-0.2, 0) is 17.7 Å². The Morgan fingerprint density at radius 2 is 1.96 bits per heavy atom. The van der Waals surface area contributed by atoms with Gasteiger partial charge in [0.1, 0.15) is 0 Å². The van der Waals surface area contributed by atoms with Crippen molar-refractivity contribution < 1.29 is 0 Å². The third-order valence-electron chi connectivity index (χ3n) is 4.62. The number of hydrogen-bond donors (Lipinski definition) is 1. The SMILES string of the molecule is CCn1c(SCc2ccc(C(C)(C)C)cc2)nnc1C1CCCN1. The van der Waals surface area contributed by atoms with Crippen molar-refractivity contribution in [1.82, 2.24) is 20.1 Å². The summed E-state index contributed by atoms with van der Waals surface area (Å²) in [4.78, 5) is 0. The van der Waals surface area contributed by atoms with Crippen molar-refractivity contribution in [1.29, 1.82) is 0 Å². The Morgan fingerprint density at radius 1 is 1.21 bits per heavy atom. The van der Waals surface area contributed by atoms with Gasteiger partial charge in [0.05, 0.1) is 6.04 Å². The molecule has 1 aromatic carbocycles. The van der Waals surface area contributed by atoms with Crippen molar-refractivity contribution in [3.8, 4) is 0 Å². The molecule has 1 aromatic heterocycles. The van der Waals surface area contributed by atoms with Gasteiger partial charge in [-0.15, -0.1) is 10.2 Å². The first-order chi connectivity index (χ1) is 11.5. The van der Waals surface area contributed by atoms with Gasteiger partial charge in [0, 0.05) is 12.3 Å². The first-order valence-electron chi connectivity index (χ1n) is 8.87. The van der Waals surface area contributed by atoms with Gasteiger partial charge in [-0.2, -0.15) is 0 Å². The molecule has 0 saturated carbocycles. The summed E-state index contributed by atoms with van der Waals surface area (Å²) in [5, 5.41) is 13.4. The lowest BCUT2D eigenvalue weighted by Gasteiger charge is -2.19. The van der Waals surface area contributed by atoms with Gasteiger partial charge in [-0.25, -0.2) is 0 Å². The molecule has 1 N–H and O–H groups in total. The standard InChI is InChI=1S/C19H28N4S/c1-5-23-17(16-7-6-12-20-16)21-22-18(23)24-13-14-8-10-15(11-9-14)19(2,3)4/h8-11,16,20H,5-7,12-13H2,1-4H3. The molecular weight excluding hydrogens is 316 g/mol. The van der Waals surface area contributed by atoms with Crippen LogP contribution in [0, 0.1) is 0 Å². The molecule has 2 heterocycles. The lowest BCUT2D eigenvalue weighted by molar-refractivity contribution is 0.542. The summed E-state index contributed by atoms with van der Waals surface area (Å²) in [7, 11) is 0. The predicted molar refractivity (Wildman–Crippen MR) is 100 cm³/mol. The third kappa shape index (κ3) is 3.83. The molecule has 1 atom stereocenters. The van der Waals surface area contributed by atoms with E-state index in [4.69, 9.17) is 0 Å². The van der Waals surface area contributed by atoms with Crippen LogP contribution in [0.3, 0.4) is 0 Å². The second-order valence-electron chi connectivity index (χ2n) is 7.47. The molecule has 130 valence electrons. The highest BCUT2D eigenvalue weighted by atomic mass is 32.2. The molecule has 1 saturated heterocycles. The molecule has 1 fully saturated rings. The van der Waals surface area contributed by atoms with E-state index in [0.717, 1.165) is 36.2 Å². The van der Waals surface area contributed by atoms with Crippen LogP contribution in [0.15, 0.2) is 29.4 Å². The smallest absolute Gasteiger partial charge is 0.191 e. The van der Waals surface area contributed by atoms with E-state index < -0.39 is 0 Å². The molecule has 3 rings (SSSR count). The fourth-order valence-corrected chi connectivity index (χ4v) is 4.08. The fourth-order valence-electron chi connectivity index (χ4n) is 3.12. The minimum absolute atomic E-state index is 0.206. The summed E-state index contributed by atoms with van der Waals surface area (Å²) < 4.78 is 2.26. The molecule has 1 aliphatic rings. The number of aromatic nitrogens is 3. The number of nitrogens with one attached hydrogen (secondary N) is 1. The summed E-state index contributed by atoms with van der Waals surface area (Å²) >= 11 is 1.78. The van der Waals surface area contributed by atoms with E-state index in [1.807, 2.05) is 0 Å². The largest absolute Gasteiger partial charge is 0.307 e. The molecule has 4 nitrogen and oxygen atoms in total. The van der Waals surface area contributed by atoms with E-state index in [1.165, 1.54) is 17.5 Å². The fraction of sp³-hybridized carbons (Fsp3) is 0.579. The van der Waals surface area contributed by atoms with E-state index >= 15 is 0 Å². The van der Waals surface area contributed by atoms with Crippen LogP contribution in [0.4, 0.5) is 0 Å². The van der Waals surface area contributed by atoms with E-state index in [-0.39, 0.29) is 5.41 Å². The Hall–Kier alpha value is -1.33. The number of hydrogen-bond acceptors (Lipinski definition) is 4. The molecule has 0 bridgehead atoms. The van der Waals surface area contributed by atoms with Gasteiger partial charge in [-0.05, 0) is 42.9 Å². The van der Waals surface area contributed by atoms with E-state index in [2.05, 4.69) is 72.0 Å². The topological polar surface area (TPSA) is 42.7 Å². The first kappa shape index (κ1) is 17.5. The maximum absolute atomic E-state index is 4.46. The van der Waals surface area contributed by atoms with Crippen LogP contribution < -0.4 is 5.32 Å². The second-order valence-corrected chi connectivity index (χ2v) is 8.41. The Balaban J connectivity index is 1.68. The van der Waals surface area contributed by atoms with E-state index in [0.29, 0.717) is 6.04 Å². The van der Waals surface area contributed by atoms with Crippen molar-refractivity contribution in [2.24, 2.45) is 0 Å². The van der Waals surface area contributed by atoms with Crippen molar-refractivity contribution in [3.05, 3.63) is 41.2 Å². The van der Waals surface area contributed by atoms with Crippen molar-refractivity contribution in [3.63, 3.8) is 0 Å². The highest BCUT2D eigenvalue weighted by Gasteiger charge is 2.23. The van der Waals surface area contributed by atoms with E-state index in [1.54, 1.807) is 11.8 Å². The minimum Gasteiger partial charge on any atom is -0.307 e. The molecule has 0 radical (unpaired) electrons. The van der Waals surface area contributed by atoms with Gasteiger partial charge >= 0.3 is 0 Å². The maximum Gasteiger partial charge on any atom is 0.191 e. The zero-order chi connectivity index (χ0) is 17.2. The lowest BCUT2D eigenvalue weighted by atomic mass is 9.87.